The van der Waals surface area contributed by atoms with Crippen LogP contribution in [0.5, 0.6) is 0 Å². The number of hydrogen-bond acceptors (Lipinski definition) is 5. The van der Waals surface area contributed by atoms with Crippen LogP contribution in [0.2, 0.25) is 0 Å². The molecule has 1 amide bonds. The van der Waals surface area contributed by atoms with Gasteiger partial charge in [-0.2, -0.15) is 0 Å². The second-order valence-corrected chi connectivity index (χ2v) is 7.32. The zero-order chi connectivity index (χ0) is 19.6. The van der Waals surface area contributed by atoms with Gasteiger partial charge >= 0.3 is 0 Å². The minimum Gasteiger partial charge on any atom is -0.347 e. The lowest BCUT2D eigenvalue weighted by Crippen LogP contribution is -2.23. The highest BCUT2D eigenvalue weighted by Crippen LogP contribution is 2.30. The van der Waals surface area contributed by atoms with Gasteiger partial charge in [-0.15, -0.1) is 11.3 Å². The minimum atomic E-state index is -0.478. The van der Waals surface area contributed by atoms with Crippen molar-refractivity contribution in [3.63, 3.8) is 0 Å². The van der Waals surface area contributed by atoms with Crippen LogP contribution in [0.4, 0.5) is 5.69 Å². The molecule has 138 valence electrons. The second kappa shape index (κ2) is 7.67. The number of thiazole rings is 1. The maximum Gasteiger partial charge on any atom is 0.273 e. The Bertz CT molecular complexity index is 1030. The number of benzene rings is 2. The summed E-state index contributed by atoms with van der Waals surface area (Å²) in [5.41, 5.74) is 3.71. The van der Waals surface area contributed by atoms with E-state index in [4.69, 9.17) is 0 Å². The van der Waals surface area contributed by atoms with Crippen molar-refractivity contribution < 1.29 is 9.72 Å². The summed E-state index contributed by atoms with van der Waals surface area (Å²) in [5, 5.41) is 14.8. The average molecular weight is 381 g/mol. The van der Waals surface area contributed by atoms with Gasteiger partial charge in [0, 0.05) is 27.6 Å². The normalized spacial score (nSPS) is 10.6. The molecule has 0 bridgehead atoms. The molecule has 7 heteroatoms. The van der Waals surface area contributed by atoms with Gasteiger partial charge in [0.05, 0.1) is 17.2 Å². The highest BCUT2D eigenvalue weighted by atomic mass is 32.1. The third kappa shape index (κ3) is 3.88. The zero-order valence-electron chi connectivity index (χ0n) is 15.3. The summed E-state index contributed by atoms with van der Waals surface area (Å²) >= 11 is 1.54. The molecule has 2 aromatic carbocycles. The maximum absolute atomic E-state index is 12.5. The Morgan fingerprint density at radius 3 is 2.59 bits per heavy atom. The van der Waals surface area contributed by atoms with Gasteiger partial charge in [0.1, 0.15) is 5.01 Å². The summed E-state index contributed by atoms with van der Waals surface area (Å²) in [4.78, 5) is 28.7. The maximum atomic E-state index is 12.5. The highest BCUT2D eigenvalue weighted by molar-refractivity contribution is 7.15. The molecule has 0 aliphatic carbocycles. The second-order valence-electron chi connectivity index (χ2n) is 6.23. The molecule has 1 heterocycles. The predicted octanol–water partition coefficient (Wildman–Crippen LogP) is 4.57. The van der Waals surface area contributed by atoms with E-state index in [9.17, 15) is 14.9 Å². The number of nitro groups is 1. The molecule has 1 N–H and O–H groups in total. The fraction of sp³-hybridized carbons (Fsp3) is 0.200. The summed E-state index contributed by atoms with van der Waals surface area (Å²) in [6.45, 7) is 5.87. The van der Waals surface area contributed by atoms with Gasteiger partial charge in [-0.05, 0) is 32.4 Å². The molecule has 0 aliphatic heterocycles. The number of rotatable bonds is 5. The third-order valence-corrected chi connectivity index (χ3v) is 5.61. The van der Waals surface area contributed by atoms with E-state index in [1.807, 2.05) is 38.1 Å². The van der Waals surface area contributed by atoms with Crippen LogP contribution < -0.4 is 5.32 Å². The first-order valence-corrected chi connectivity index (χ1v) is 9.24. The van der Waals surface area contributed by atoms with E-state index in [0.29, 0.717) is 17.7 Å². The fourth-order valence-corrected chi connectivity index (χ4v) is 3.94. The summed E-state index contributed by atoms with van der Waals surface area (Å²) < 4.78 is 0. The van der Waals surface area contributed by atoms with Crippen molar-refractivity contribution in [2.45, 2.75) is 27.3 Å². The van der Waals surface area contributed by atoms with Crippen LogP contribution in [0.3, 0.4) is 0 Å². The summed E-state index contributed by atoms with van der Waals surface area (Å²) in [6.07, 6.45) is 0. The molecule has 6 nitrogen and oxygen atoms in total. The Morgan fingerprint density at radius 1 is 1.15 bits per heavy atom. The van der Waals surface area contributed by atoms with E-state index >= 15 is 0 Å². The summed E-state index contributed by atoms with van der Waals surface area (Å²) in [7, 11) is 0. The summed E-state index contributed by atoms with van der Waals surface area (Å²) in [6, 6.07) is 12.5. The van der Waals surface area contributed by atoms with E-state index in [-0.39, 0.29) is 11.6 Å². The lowest BCUT2D eigenvalue weighted by atomic mass is 10.1. The third-order valence-electron chi connectivity index (χ3n) is 4.42. The van der Waals surface area contributed by atoms with Gasteiger partial charge in [-0.3, -0.25) is 14.9 Å². The van der Waals surface area contributed by atoms with E-state index < -0.39 is 4.92 Å². The van der Waals surface area contributed by atoms with Crippen LogP contribution in [0, 0.1) is 30.9 Å². The first-order valence-electron chi connectivity index (χ1n) is 8.43. The summed E-state index contributed by atoms with van der Waals surface area (Å²) in [5.74, 6) is -0.332. The fourth-order valence-electron chi connectivity index (χ4n) is 2.84. The molecule has 0 atom stereocenters. The zero-order valence-corrected chi connectivity index (χ0v) is 16.1. The van der Waals surface area contributed by atoms with Gasteiger partial charge in [-0.25, -0.2) is 4.98 Å². The van der Waals surface area contributed by atoms with Crippen LogP contribution >= 0.6 is 11.3 Å². The SMILES string of the molecule is Cc1ccccc1-c1nc(C)c(CNC(=O)c2cccc([N+](=O)[O-])c2C)s1. The number of carbonyl (C=O) groups is 1. The monoisotopic (exact) mass is 381 g/mol. The smallest absolute Gasteiger partial charge is 0.273 e. The Morgan fingerprint density at radius 2 is 1.89 bits per heavy atom. The van der Waals surface area contributed by atoms with Crippen LogP contribution in [-0.4, -0.2) is 15.8 Å². The number of carbonyl (C=O) groups excluding carboxylic acids is 1. The Kier molecular flexibility index (Phi) is 5.32. The van der Waals surface area contributed by atoms with Crippen molar-refractivity contribution in [1.82, 2.24) is 10.3 Å². The van der Waals surface area contributed by atoms with Crippen LogP contribution in [0.15, 0.2) is 42.5 Å². The Hall–Kier alpha value is -3.06. The van der Waals surface area contributed by atoms with Gasteiger partial charge < -0.3 is 5.32 Å². The molecule has 1 aromatic heterocycles. The van der Waals surface area contributed by atoms with Crippen molar-refractivity contribution in [3.05, 3.63) is 79.8 Å². The number of aryl methyl sites for hydroxylation is 2. The van der Waals surface area contributed by atoms with Crippen molar-refractivity contribution in [2.24, 2.45) is 0 Å². The van der Waals surface area contributed by atoms with Crippen molar-refractivity contribution in [3.8, 4) is 10.6 Å². The standard InChI is InChI=1S/C20H19N3O3S/c1-12-7-4-5-8-15(12)20-22-14(3)18(27-20)11-21-19(24)16-9-6-10-17(13(16)2)23(25)26/h4-10H,11H2,1-3H3,(H,21,24). The average Bonchev–Trinajstić information content (AvgIpc) is 3.00. The number of amides is 1. The molecular formula is C20H19N3O3S. The molecule has 3 aromatic rings. The highest BCUT2D eigenvalue weighted by Gasteiger charge is 2.18. The van der Waals surface area contributed by atoms with Crippen LogP contribution in [0.1, 0.15) is 32.1 Å². The molecule has 27 heavy (non-hydrogen) atoms. The lowest BCUT2D eigenvalue weighted by Gasteiger charge is -2.07. The van der Waals surface area contributed by atoms with E-state index in [1.54, 1.807) is 24.3 Å². The largest absolute Gasteiger partial charge is 0.347 e. The molecule has 3 rings (SSSR count). The van der Waals surface area contributed by atoms with E-state index in [2.05, 4.69) is 10.3 Å². The molecule has 0 unspecified atom stereocenters. The number of aromatic nitrogens is 1. The van der Waals surface area contributed by atoms with Gasteiger partial charge in [0.25, 0.3) is 11.6 Å². The molecule has 0 fully saturated rings. The molecule has 0 spiro atoms. The van der Waals surface area contributed by atoms with Gasteiger partial charge in [0.15, 0.2) is 0 Å². The topological polar surface area (TPSA) is 85.1 Å². The van der Waals surface area contributed by atoms with Crippen molar-refractivity contribution in [2.75, 3.05) is 0 Å². The number of nitrogens with zero attached hydrogens (tertiary/aromatic N) is 2. The first-order chi connectivity index (χ1) is 12.9. The van der Waals surface area contributed by atoms with E-state index in [0.717, 1.165) is 26.7 Å². The number of hydrogen-bond donors (Lipinski definition) is 1. The Labute approximate surface area is 161 Å². The first kappa shape index (κ1) is 18.7. The lowest BCUT2D eigenvalue weighted by molar-refractivity contribution is -0.385. The number of nitrogens with one attached hydrogen (secondary N) is 1. The van der Waals surface area contributed by atoms with Crippen LogP contribution in [-0.2, 0) is 6.54 Å². The Balaban J connectivity index is 1.78. The van der Waals surface area contributed by atoms with Gasteiger partial charge in [0.2, 0.25) is 0 Å². The minimum absolute atomic E-state index is 0.0570. The number of nitro benzene ring substituents is 1. The van der Waals surface area contributed by atoms with Crippen LogP contribution in [0.25, 0.3) is 10.6 Å². The van der Waals surface area contributed by atoms with Gasteiger partial charge in [-0.1, -0.05) is 30.3 Å². The molecule has 0 radical (unpaired) electrons. The van der Waals surface area contributed by atoms with E-state index in [1.165, 1.54) is 12.1 Å². The van der Waals surface area contributed by atoms with Crippen molar-refractivity contribution in [1.29, 1.82) is 0 Å². The molecule has 0 saturated carbocycles. The molecular weight excluding hydrogens is 362 g/mol. The quantitative estimate of drug-likeness (QED) is 0.518. The van der Waals surface area contributed by atoms with Crippen molar-refractivity contribution >= 4 is 22.9 Å². The molecule has 0 saturated heterocycles. The predicted molar refractivity (Wildman–Crippen MR) is 106 cm³/mol. The molecule has 0 aliphatic rings.